The van der Waals surface area contributed by atoms with Crippen molar-refractivity contribution in [3.8, 4) is 11.5 Å². The lowest BCUT2D eigenvalue weighted by molar-refractivity contribution is -0.137. The summed E-state index contributed by atoms with van der Waals surface area (Å²) in [7, 11) is 0.367. The largest absolute Gasteiger partial charge is 0.489 e. The van der Waals surface area contributed by atoms with Gasteiger partial charge in [0.1, 0.15) is 36.3 Å². The number of carbonyl (C=O) groups excluding carboxylic acids is 4. The van der Waals surface area contributed by atoms with E-state index < -0.39 is 43.5 Å². The standard InChI is InChI=1S/C57H66N4O7Si/c1-61(36-22-10-21-35-58-56(65)66-37-38-69(2,3)4)55(64)51(41-54(63)60-57(47-27-15-7-16-28-47,48-29-17-8-18-30-48)49-31-19-9-20-32-49)59-53(62)39-46-33-34-50(67-42-44-23-11-5-12-24-44)40-52(46)68-43-45-25-13-6-14-26-45/h5-9,11-20,23-34,40,51H,10,21-22,35-39,41-43H2,1-4H3,(H,58,65)(H,59,62)(H,60,63)/t51-/m0/s1. The molecule has 6 rings (SSSR count). The summed E-state index contributed by atoms with van der Waals surface area (Å²) >= 11 is 0. The quantitative estimate of drug-likeness (QED) is 0.0296. The number of likely N-dealkylation sites (N-methyl/N-ethyl adjacent to an activating group) is 1. The zero-order valence-corrected chi connectivity index (χ0v) is 41.3. The van der Waals surface area contributed by atoms with Crippen LogP contribution < -0.4 is 25.4 Å². The number of unbranched alkanes of at least 4 members (excludes halogenated alkanes) is 2. The third-order valence-electron chi connectivity index (χ3n) is 11.7. The van der Waals surface area contributed by atoms with Gasteiger partial charge in [-0.25, -0.2) is 4.79 Å². The van der Waals surface area contributed by atoms with E-state index in [2.05, 4.69) is 35.6 Å². The van der Waals surface area contributed by atoms with Crippen molar-refractivity contribution in [2.45, 2.75) is 82.6 Å². The van der Waals surface area contributed by atoms with Crippen molar-refractivity contribution >= 4 is 31.9 Å². The van der Waals surface area contributed by atoms with Crippen LogP contribution >= 0.6 is 0 Å². The molecule has 0 saturated heterocycles. The van der Waals surface area contributed by atoms with Gasteiger partial charge in [-0.15, -0.1) is 0 Å². The summed E-state index contributed by atoms with van der Waals surface area (Å²) in [6, 6.07) is 53.9. The molecule has 0 aliphatic heterocycles. The molecule has 0 saturated carbocycles. The van der Waals surface area contributed by atoms with Crippen molar-refractivity contribution in [3.05, 3.63) is 203 Å². The maximum absolute atomic E-state index is 14.7. The average Bonchev–Trinajstić information content (AvgIpc) is 3.36. The molecule has 360 valence electrons. The second-order valence-electron chi connectivity index (χ2n) is 18.4. The SMILES string of the molecule is CN(CCCCCNC(=O)OCC[Si](C)(C)C)C(=O)[C@H](CC(=O)NC(c1ccccc1)(c1ccccc1)c1ccccc1)NC(=O)Cc1ccc(OCc2ccccc2)cc1OCc1ccccc1. The molecule has 0 unspecified atom stereocenters. The fourth-order valence-electron chi connectivity index (χ4n) is 7.94. The Bertz CT molecular complexity index is 2430. The summed E-state index contributed by atoms with van der Waals surface area (Å²) in [6.07, 6.45) is 1.18. The summed E-state index contributed by atoms with van der Waals surface area (Å²) in [5.74, 6) is -0.264. The van der Waals surface area contributed by atoms with Crippen LogP contribution in [0, 0.1) is 0 Å². The minimum absolute atomic E-state index is 0.131. The first kappa shape index (κ1) is 51.2. The van der Waals surface area contributed by atoms with E-state index in [4.69, 9.17) is 14.2 Å². The topological polar surface area (TPSA) is 135 Å². The Morgan fingerprint density at radius 2 is 1.14 bits per heavy atom. The molecular weight excluding hydrogens is 881 g/mol. The van der Waals surface area contributed by atoms with Crippen LogP contribution in [0.5, 0.6) is 11.5 Å². The molecule has 0 spiro atoms. The van der Waals surface area contributed by atoms with Crippen LogP contribution in [0.4, 0.5) is 4.79 Å². The van der Waals surface area contributed by atoms with Gasteiger partial charge >= 0.3 is 6.09 Å². The zero-order valence-electron chi connectivity index (χ0n) is 40.3. The molecule has 0 heterocycles. The Hall–Kier alpha value is -7.18. The summed E-state index contributed by atoms with van der Waals surface area (Å²) in [4.78, 5) is 57.2. The molecule has 4 amide bonds. The Kier molecular flexibility index (Phi) is 19.2. The van der Waals surface area contributed by atoms with Crippen LogP contribution in [0.3, 0.4) is 0 Å². The number of nitrogens with one attached hydrogen (secondary N) is 3. The van der Waals surface area contributed by atoms with Crippen LogP contribution in [0.2, 0.25) is 25.7 Å². The number of hydrogen-bond acceptors (Lipinski definition) is 7. The molecule has 69 heavy (non-hydrogen) atoms. The predicted molar refractivity (Wildman–Crippen MR) is 275 cm³/mol. The molecule has 11 nitrogen and oxygen atoms in total. The zero-order chi connectivity index (χ0) is 48.9. The van der Waals surface area contributed by atoms with E-state index in [1.165, 1.54) is 0 Å². The van der Waals surface area contributed by atoms with Gasteiger partial charge < -0.3 is 35.1 Å². The molecule has 0 aromatic heterocycles. The number of carbonyl (C=O) groups is 4. The first-order valence-electron chi connectivity index (χ1n) is 23.8. The van der Waals surface area contributed by atoms with E-state index in [9.17, 15) is 19.2 Å². The number of rotatable bonds is 25. The van der Waals surface area contributed by atoms with E-state index in [0.29, 0.717) is 56.2 Å². The van der Waals surface area contributed by atoms with Crippen LogP contribution in [0.25, 0.3) is 0 Å². The van der Waals surface area contributed by atoms with E-state index >= 15 is 0 Å². The van der Waals surface area contributed by atoms with Crippen molar-refractivity contribution in [2.75, 3.05) is 26.7 Å². The minimum atomic E-state index is -1.31. The van der Waals surface area contributed by atoms with Crippen LogP contribution in [0.1, 0.15) is 59.1 Å². The molecule has 1 atom stereocenters. The fourth-order valence-corrected chi connectivity index (χ4v) is 8.66. The van der Waals surface area contributed by atoms with Crippen LogP contribution in [-0.4, -0.2) is 69.6 Å². The highest BCUT2D eigenvalue weighted by Gasteiger charge is 2.39. The van der Waals surface area contributed by atoms with E-state index in [1.807, 2.05) is 152 Å². The number of nitrogens with zero attached hydrogens (tertiary/aromatic N) is 1. The normalized spacial score (nSPS) is 11.7. The first-order chi connectivity index (χ1) is 33.4. The minimum Gasteiger partial charge on any atom is -0.489 e. The predicted octanol–water partition coefficient (Wildman–Crippen LogP) is 10.1. The average molecular weight is 947 g/mol. The molecular formula is C57H66N4O7Si. The van der Waals surface area contributed by atoms with Gasteiger partial charge in [-0.3, -0.25) is 14.4 Å². The summed E-state index contributed by atoms with van der Waals surface area (Å²) in [5.41, 5.74) is 3.90. The second-order valence-corrected chi connectivity index (χ2v) is 24.0. The number of ether oxygens (including phenoxy) is 3. The Balaban J connectivity index is 1.20. The second kappa shape index (κ2) is 25.8. The number of benzene rings is 6. The monoisotopic (exact) mass is 946 g/mol. The van der Waals surface area contributed by atoms with Crippen molar-refractivity contribution in [2.24, 2.45) is 0 Å². The van der Waals surface area contributed by atoms with Crippen molar-refractivity contribution in [1.82, 2.24) is 20.9 Å². The smallest absolute Gasteiger partial charge is 0.407 e. The van der Waals surface area contributed by atoms with Gasteiger partial charge in [0.05, 0.1) is 19.4 Å². The number of hydrogen-bond donors (Lipinski definition) is 3. The van der Waals surface area contributed by atoms with E-state index in [0.717, 1.165) is 40.3 Å². The van der Waals surface area contributed by atoms with Gasteiger partial charge in [-0.2, -0.15) is 0 Å². The molecule has 0 bridgehead atoms. The van der Waals surface area contributed by atoms with E-state index in [1.54, 1.807) is 30.1 Å². The molecule has 0 aliphatic rings. The maximum atomic E-state index is 14.7. The summed E-state index contributed by atoms with van der Waals surface area (Å²) < 4.78 is 17.8. The first-order valence-corrected chi connectivity index (χ1v) is 27.5. The molecule has 6 aromatic carbocycles. The highest BCUT2D eigenvalue weighted by atomic mass is 28.3. The summed E-state index contributed by atoms with van der Waals surface area (Å²) in [5, 5.41) is 9.13. The Labute approximate surface area is 408 Å². The highest BCUT2D eigenvalue weighted by Crippen LogP contribution is 2.37. The Morgan fingerprint density at radius 3 is 1.68 bits per heavy atom. The van der Waals surface area contributed by atoms with E-state index in [-0.39, 0.29) is 19.4 Å². The van der Waals surface area contributed by atoms with Crippen LogP contribution in [-0.2, 0) is 44.3 Å². The highest BCUT2D eigenvalue weighted by molar-refractivity contribution is 6.76. The van der Waals surface area contributed by atoms with Gasteiger partial charge in [0.2, 0.25) is 17.7 Å². The summed E-state index contributed by atoms with van der Waals surface area (Å²) in [6.45, 7) is 8.55. The molecule has 0 fully saturated rings. The van der Waals surface area contributed by atoms with Gasteiger partial charge in [0.25, 0.3) is 0 Å². The van der Waals surface area contributed by atoms with Crippen molar-refractivity contribution < 1.29 is 33.4 Å². The third-order valence-corrected chi connectivity index (χ3v) is 13.5. The molecule has 0 aliphatic carbocycles. The lowest BCUT2D eigenvalue weighted by Gasteiger charge is -2.37. The third kappa shape index (κ3) is 16.0. The molecule has 0 radical (unpaired) electrons. The fraction of sp³-hybridized carbons (Fsp3) is 0.298. The van der Waals surface area contributed by atoms with Crippen molar-refractivity contribution in [3.63, 3.8) is 0 Å². The Morgan fingerprint density at radius 1 is 0.623 bits per heavy atom. The van der Waals surface area contributed by atoms with Gasteiger partial charge in [-0.1, -0.05) is 177 Å². The van der Waals surface area contributed by atoms with Crippen LogP contribution in [0.15, 0.2) is 170 Å². The molecule has 6 aromatic rings. The lowest BCUT2D eigenvalue weighted by atomic mass is 9.77. The van der Waals surface area contributed by atoms with Crippen molar-refractivity contribution in [1.29, 1.82) is 0 Å². The molecule has 12 heteroatoms. The maximum Gasteiger partial charge on any atom is 0.407 e. The lowest BCUT2D eigenvalue weighted by Crippen LogP contribution is -2.53. The van der Waals surface area contributed by atoms with Gasteiger partial charge in [-0.05, 0) is 59.2 Å². The van der Waals surface area contributed by atoms with Gasteiger partial charge in [0.15, 0.2) is 0 Å². The molecule has 3 N–H and O–H groups in total. The van der Waals surface area contributed by atoms with Gasteiger partial charge in [0, 0.05) is 39.8 Å². The number of amides is 4. The number of alkyl carbamates (subject to hydrolysis) is 1.